The minimum atomic E-state index is -0.458. The number of nitrogens with one attached hydrogen (secondary N) is 2. The number of carbonyl (C=O) groups is 2. The molecule has 2 amide bonds. The van der Waals surface area contributed by atoms with Gasteiger partial charge in [0.2, 0.25) is 0 Å². The van der Waals surface area contributed by atoms with Gasteiger partial charge in [0.05, 0.1) is 28.1 Å². The van der Waals surface area contributed by atoms with E-state index >= 15 is 0 Å². The minimum absolute atomic E-state index is 0.274. The predicted molar refractivity (Wildman–Crippen MR) is 112 cm³/mol. The molecule has 0 atom stereocenters. The number of hydrazone groups is 1. The van der Waals surface area contributed by atoms with E-state index in [2.05, 4.69) is 15.8 Å². The Kier molecular flexibility index (Phi) is 6.42. The van der Waals surface area contributed by atoms with Crippen molar-refractivity contribution in [3.8, 4) is 0 Å². The number of amides is 2. The highest BCUT2D eigenvalue weighted by molar-refractivity contribution is 6.34. The highest BCUT2D eigenvalue weighted by Crippen LogP contribution is 2.20. The first-order chi connectivity index (χ1) is 13.5. The van der Waals surface area contributed by atoms with E-state index in [0.717, 1.165) is 5.56 Å². The van der Waals surface area contributed by atoms with Gasteiger partial charge in [-0.1, -0.05) is 59.6 Å². The van der Waals surface area contributed by atoms with Crippen LogP contribution in [0.5, 0.6) is 0 Å². The van der Waals surface area contributed by atoms with Gasteiger partial charge in [0, 0.05) is 5.02 Å². The van der Waals surface area contributed by atoms with Crippen LogP contribution in [0.15, 0.2) is 77.9 Å². The van der Waals surface area contributed by atoms with Crippen LogP contribution in [0.2, 0.25) is 10.0 Å². The van der Waals surface area contributed by atoms with Gasteiger partial charge in [-0.25, -0.2) is 5.43 Å². The lowest BCUT2D eigenvalue weighted by atomic mass is 10.1. The average molecular weight is 412 g/mol. The highest BCUT2D eigenvalue weighted by Gasteiger charge is 2.15. The maximum absolute atomic E-state index is 12.5. The lowest BCUT2D eigenvalue weighted by Gasteiger charge is -2.10. The monoisotopic (exact) mass is 411 g/mol. The van der Waals surface area contributed by atoms with E-state index in [-0.39, 0.29) is 5.56 Å². The molecule has 0 aliphatic heterocycles. The zero-order valence-electron chi connectivity index (χ0n) is 14.5. The molecule has 28 heavy (non-hydrogen) atoms. The summed E-state index contributed by atoms with van der Waals surface area (Å²) >= 11 is 11.9. The zero-order chi connectivity index (χ0) is 19.9. The molecule has 0 fully saturated rings. The normalized spacial score (nSPS) is 10.6. The summed E-state index contributed by atoms with van der Waals surface area (Å²) in [6.45, 7) is 0. The van der Waals surface area contributed by atoms with E-state index in [4.69, 9.17) is 23.2 Å². The number of hydrogen-bond acceptors (Lipinski definition) is 3. The second-order valence-corrected chi connectivity index (χ2v) is 6.57. The third kappa shape index (κ3) is 4.97. The maximum Gasteiger partial charge on any atom is 0.273 e. The molecule has 7 heteroatoms. The van der Waals surface area contributed by atoms with Gasteiger partial charge in [-0.3, -0.25) is 9.59 Å². The lowest BCUT2D eigenvalue weighted by Crippen LogP contribution is -2.21. The van der Waals surface area contributed by atoms with Crippen LogP contribution in [0.4, 0.5) is 5.69 Å². The molecular weight excluding hydrogens is 397 g/mol. The van der Waals surface area contributed by atoms with Crippen LogP contribution in [-0.2, 0) is 0 Å². The van der Waals surface area contributed by atoms with E-state index in [9.17, 15) is 9.59 Å². The highest BCUT2D eigenvalue weighted by atomic mass is 35.5. The predicted octanol–water partition coefficient (Wildman–Crippen LogP) is 5.01. The van der Waals surface area contributed by atoms with Gasteiger partial charge < -0.3 is 5.32 Å². The van der Waals surface area contributed by atoms with Crippen LogP contribution in [0, 0.1) is 0 Å². The van der Waals surface area contributed by atoms with Crippen molar-refractivity contribution in [1.82, 2.24) is 5.43 Å². The molecule has 140 valence electrons. The number of halogens is 2. The van der Waals surface area contributed by atoms with Crippen LogP contribution < -0.4 is 10.7 Å². The molecule has 0 aliphatic rings. The van der Waals surface area contributed by atoms with Crippen LogP contribution in [0.3, 0.4) is 0 Å². The van der Waals surface area contributed by atoms with Crippen molar-refractivity contribution in [1.29, 1.82) is 0 Å². The van der Waals surface area contributed by atoms with E-state index in [0.29, 0.717) is 21.3 Å². The molecule has 0 bridgehead atoms. The Morgan fingerprint density at radius 1 is 0.786 bits per heavy atom. The Labute approximate surface area is 172 Å². The lowest BCUT2D eigenvalue weighted by molar-refractivity contribution is 0.0956. The summed E-state index contributed by atoms with van der Waals surface area (Å²) < 4.78 is 0. The largest absolute Gasteiger partial charge is 0.321 e. The quantitative estimate of drug-likeness (QED) is 0.457. The zero-order valence-corrected chi connectivity index (χ0v) is 16.0. The number of nitrogens with zero attached hydrogens (tertiary/aromatic N) is 1. The molecule has 0 aliphatic carbocycles. The van der Waals surface area contributed by atoms with Crippen molar-refractivity contribution in [3.05, 3.63) is 99.5 Å². The third-order valence-electron chi connectivity index (χ3n) is 3.79. The molecule has 0 aromatic heterocycles. The number of benzene rings is 3. The van der Waals surface area contributed by atoms with Crippen molar-refractivity contribution in [2.75, 3.05) is 5.32 Å². The van der Waals surface area contributed by atoms with Gasteiger partial charge in [-0.05, 0) is 42.0 Å². The van der Waals surface area contributed by atoms with Crippen molar-refractivity contribution >= 4 is 46.9 Å². The van der Waals surface area contributed by atoms with Gasteiger partial charge in [0.1, 0.15) is 0 Å². The average Bonchev–Trinajstić information content (AvgIpc) is 2.70. The fourth-order valence-electron chi connectivity index (χ4n) is 2.40. The number of para-hydroxylation sites is 1. The van der Waals surface area contributed by atoms with Crippen LogP contribution in [0.1, 0.15) is 26.3 Å². The first-order valence-corrected chi connectivity index (χ1v) is 9.04. The Hall–Kier alpha value is -3.15. The molecule has 0 saturated carbocycles. The molecule has 2 N–H and O–H groups in total. The molecular formula is C21H15Cl2N3O2. The van der Waals surface area contributed by atoms with Crippen LogP contribution in [0.25, 0.3) is 0 Å². The van der Waals surface area contributed by atoms with E-state index in [1.165, 1.54) is 6.21 Å². The summed E-state index contributed by atoms with van der Waals surface area (Å²) in [5.41, 5.74) is 4.18. The topological polar surface area (TPSA) is 70.6 Å². The Balaban J connectivity index is 1.72. The Morgan fingerprint density at radius 2 is 1.43 bits per heavy atom. The third-order valence-corrected chi connectivity index (χ3v) is 4.37. The van der Waals surface area contributed by atoms with Gasteiger partial charge in [-0.15, -0.1) is 0 Å². The minimum Gasteiger partial charge on any atom is -0.321 e. The van der Waals surface area contributed by atoms with Crippen LogP contribution >= 0.6 is 23.2 Å². The van der Waals surface area contributed by atoms with Crippen molar-refractivity contribution in [3.63, 3.8) is 0 Å². The number of hydrogen-bond donors (Lipinski definition) is 2. The van der Waals surface area contributed by atoms with E-state index in [1.54, 1.807) is 72.8 Å². The molecule has 0 radical (unpaired) electrons. The fraction of sp³-hybridized carbons (Fsp3) is 0. The number of carbonyl (C=O) groups excluding carboxylic acids is 2. The summed E-state index contributed by atoms with van der Waals surface area (Å²) in [6.07, 6.45) is 1.50. The molecule has 0 unspecified atom stereocenters. The standard InChI is InChI=1S/C21H15Cl2N3O2/c22-15-11-9-14(10-12-15)13-24-26-21(28)17-6-2-4-8-19(17)25-20(27)16-5-1-3-7-18(16)23/h1-13H,(H,25,27)(H,26,28). The first kappa shape index (κ1) is 19.6. The molecule has 3 rings (SSSR count). The molecule has 0 saturated heterocycles. The second-order valence-electron chi connectivity index (χ2n) is 5.73. The first-order valence-electron chi connectivity index (χ1n) is 8.28. The molecule has 0 heterocycles. The fourth-order valence-corrected chi connectivity index (χ4v) is 2.75. The summed E-state index contributed by atoms with van der Waals surface area (Å²) in [4.78, 5) is 24.9. The summed E-state index contributed by atoms with van der Waals surface area (Å²) in [5, 5.41) is 7.59. The summed E-state index contributed by atoms with van der Waals surface area (Å²) in [7, 11) is 0. The molecule has 5 nitrogen and oxygen atoms in total. The van der Waals surface area contributed by atoms with Gasteiger partial charge in [-0.2, -0.15) is 5.10 Å². The molecule has 3 aromatic carbocycles. The Morgan fingerprint density at radius 3 is 2.14 bits per heavy atom. The van der Waals surface area contributed by atoms with Gasteiger partial charge in [0.25, 0.3) is 11.8 Å². The van der Waals surface area contributed by atoms with E-state index < -0.39 is 11.8 Å². The smallest absolute Gasteiger partial charge is 0.273 e. The SMILES string of the molecule is O=C(Nc1ccccc1C(=O)NN=Cc1ccc(Cl)cc1)c1ccccc1Cl. The molecule has 0 spiro atoms. The van der Waals surface area contributed by atoms with Gasteiger partial charge >= 0.3 is 0 Å². The van der Waals surface area contributed by atoms with E-state index in [1.807, 2.05) is 0 Å². The van der Waals surface area contributed by atoms with Crippen molar-refractivity contribution < 1.29 is 9.59 Å². The Bertz CT molecular complexity index is 1030. The van der Waals surface area contributed by atoms with Crippen molar-refractivity contribution in [2.45, 2.75) is 0 Å². The van der Waals surface area contributed by atoms with Gasteiger partial charge in [0.15, 0.2) is 0 Å². The molecule has 3 aromatic rings. The van der Waals surface area contributed by atoms with Crippen molar-refractivity contribution in [2.24, 2.45) is 5.10 Å². The number of anilines is 1. The maximum atomic E-state index is 12.5. The second kappa shape index (κ2) is 9.17. The number of rotatable bonds is 5. The summed E-state index contributed by atoms with van der Waals surface area (Å²) in [6, 6.07) is 20.3. The summed E-state index contributed by atoms with van der Waals surface area (Å²) in [5.74, 6) is -0.865. The van der Waals surface area contributed by atoms with Crippen LogP contribution in [-0.4, -0.2) is 18.0 Å².